The predicted octanol–water partition coefficient (Wildman–Crippen LogP) is 0.801. The fourth-order valence-corrected chi connectivity index (χ4v) is 2.16. The van der Waals surface area contributed by atoms with E-state index in [2.05, 4.69) is 35.6 Å². The van der Waals surface area contributed by atoms with Crippen LogP contribution in [-0.4, -0.2) is 41.5 Å². The van der Waals surface area contributed by atoms with Crippen molar-refractivity contribution in [2.75, 3.05) is 11.9 Å². The molecule has 0 fully saturated rings. The standard InChI is InChI=1S/C15H18N8O/c1-3-13-17-7-11(8-18-13)12-9-23(22-21-12)5-4-16-15-19-10(2)6-14(24)20-15/h6-9H,3-5H2,1-2H3,(H2,16,19,20,24). The number of hydrogen-bond donors (Lipinski definition) is 2. The summed E-state index contributed by atoms with van der Waals surface area (Å²) in [5, 5.41) is 11.3. The van der Waals surface area contributed by atoms with Gasteiger partial charge in [0.05, 0.1) is 12.7 Å². The van der Waals surface area contributed by atoms with E-state index in [-0.39, 0.29) is 5.56 Å². The molecule has 24 heavy (non-hydrogen) atoms. The van der Waals surface area contributed by atoms with E-state index in [0.29, 0.717) is 24.7 Å². The van der Waals surface area contributed by atoms with E-state index in [1.165, 1.54) is 6.07 Å². The minimum absolute atomic E-state index is 0.177. The van der Waals surface area contributed by atoms with Crippen LogP contribution < -0.4 is 10.9 Å². The second-order valence-corrected chi connectivity index (χ2v) is 5.27. The average molecular weight is 326 g/mol. The fraction of sp³-hybridized carbons (Fsp3) is 0.333. The second-order valence-electron chi connectivity index (χ2n) is 5.27. The van der Waals surface area contributed by atoms with Gasteiger partial charge in [0.25, 0.3) is 5.56 Å². The third-order valence-corrected chi connectivity index (χ3v) is 3.36. The summed E-state index contributed by atoms with van der Waals surface area (Å²) >= 11 is 0. The SMILES string of the molecule is CCc1ncc(-c2cn(CCNc3nc(C)cc(=O)[nH]3)nn2)cn1. The van der Waals surface area contributed by atoms with Crippen molar-refractivity contribution < 1.29 is 0 Å². The summed E-state index contributed by atoms with van der Waals surface area (Å²) in [6.45, 7) is 4.92. The molecular formula is C15H18N8O. The largest absolute Gasteiger partial charge is 0.354 e. The van der Waals surface area contributed by atoms with Crippen LogP contribution in [0.4, 0.5) is 5.95 Å². The number of H-pyrrole nitrogens is 1. The van der Waals surface area contributed by atoms with Crippen molar-refractivity contribution >= 4 is 5.95 Å². The van der Waals surface area contributed by atoms with E-state index in [1.54, 1.807) is 24.0 Å². The van der Waals surface area contributed by atoms with E-state index in [1.807, 2.05) is 13.1 Å². The lowest BCUT2D eigenvalue weighted by molar-refractivity contribution is 0.607. The van der Waals surface area contributed by atoms with Gasteiger partial charge in [0.2, 0.25) is 5.95 Å². The first-order chi connectivity index (χ1) is 11.6. The highest BCUT2D eigenvalue weighted by Crippen LogP contribution is 2.13. The second kappa shape index (κ2) is 6.99. The Hall–Kier alpha value is -3.10. The number of nitrogens with zero attached hydrogens (tertiary/aromatic N) is 6. The first kappa shape index (κ1) is 15.8. The van der Waals surface area contributed by atoms with Crippen LogP contribution in [0.25, 0.3) is 11.3 Å². The zero-order valence-electron chi connectivity index (χ0n) is 13.5. The smallest absolute Gasteiger partial charge is 0.252 e. The Morgan fingerprint density at radius 1 is 1.29 bits per heavy atom. The summed E-state index contributed by atoms with van der Waals surface area (Å²) in [7, 11) is 0. The minimum Gasteiger partial charge on any atom is -0.354 e. The quantitative estimate of drug-likeness (QED) is 0.688. The van der Waals surface area contributed by atoms with E-state index in [9.17, 15) is 4.79 Å². The molecule has 124 valence electrons. The molecule has 3 rings (SSSR count). The molecule has 0 spiro atoms. The Morgan fingerprint density at radius 3 is 2.79 bits per heavy atom. The lowest BCUT2D eigenvalue weighted by Gasteiger charge is -2.05. The Labute approximate surface area is 138 Å². The van der Waals surface area contributed by atoms with E-state index >= 15 is 0 Å². The van der Waals surface area contributed by atoms with Crippen molar-refractivity contribution in [1.29, 1.82) is 0 Å². The molecule has 3 aromatic rings. The number of aryl methyl sites for hydroxylation is 2. The van der Waals surface area contributed by atoms with E-state index in [0.717, 1.165) is 23.5 Å². The summed E-state index contributed by atoms with van der Waals surface area (Å²) < 4.78 is 1.71. The number of aromatic amines is 1. The third kappa shape index (κ3) is 3.80. The van der Waals surface area contributed by atoms with Gasteiger partial charge in [-0.15, -0.1) is 5.10 Å². The fourth-order valence-electron chi connectivity index (χ4n) is 2.16. The van der Waals surface area contributed by atoms with Crippen LogP contribution >= 0.6 is 0 Å². The molecule has 2 N–H and O–H groups in total. The van der Waals surface area contributed by atoms with Crippen molar-refractivity contribution in [3.05, 3.63) is 46.5 Å². The van der Waals surface area contributed by atoms with Gasteiger partial charge >= 0.3 is 0 Å². The molecule has 0 aliphatic carbocycles. The maximum atomic E-state index is 11.4. The van der Waals surface area contributed by atoms with Crippen LogP contribution in [0.15, 0.2) is 29.5 Å². The first-order valence-electron chi connectivity index (χ1n) is 7.67. The number of aromatic nitrogens is 7. The van der Waals surface area contributed by atoms with Crippen molar-refractivity contribution in [2.24, 2.45) is 0 Å². The number of hydrogen-bond acceptors (Lipinski definition) is 7. The molecule has 0 saturated carbocycles. The monoisotopic (exact) mass is 326 g/mol. The molecule has 3 heterocycles. The number of rotatable bonds is 6. The lowest BCUT2D eigenvalue weighted by atomic mass is 10.2. The maximum Gasteiger partial charge on any atom is 0.252 e. The maximum absolute atomic E-state index is 11.4. The highest BCUT2D eigenvalue weighted by Gasteiger charge is 2.05. The van der Waals surface area contributed by atoms with Crippen molar-refractivity contribution in [3.8, 4) is 11.3 Å². The zero-order chi connectivity index (χ0) is 16.9. The molecule has 0 aliphatic heterocycles. The van der Waals surface area contributed by atoms with Gasteiger partial charge in [-0.2, -0.15) is 0 Å². The Bertz CT molecular complexity index is 868. The van der Waals surface area contributed by atoms with Gasteiger partial charge in [-0.25, -0.2) is 15.0 Å². The van der Waals surface area contributed by atoms with Crippen LogP contribution in [-0.2, 0) is 13.0 Å². The van der Waals surface area contributed by atoms with Gasteiger partial charge in [0.1, 0.15) is 11.5 Å². The molecule has 0 unspecified atom stereocenters. The topological polar surface area (TPSA) is 114 Å². The predicted molar refractivity (Wildman–Crippen MR) is 88.5 cm³/mol. The van der Waals surface area contributed by atoms with Gasteiger partial charge in [0.15, 0.2) is 0 Å². The number of nitrogens with one attached hydrogen (secondary N) is 2. The molecule has 0 aromatic carbocycles. The van der Waals surface area contributed by atoms with Crippen LogP contribution in [0.2, 0.25) is 0 Å². The van der Waals surface area contributed by atoms with Crippen LogP contribution in [0.5, 0.6) is 0 Å². The van der Waals surface area contributed by atoms with Crippen molar-refractivity contribution in [1.82, 2.24) is 34.9 Å². The molecule has 9 heteroatoms. The summed E-state index contributed by atoms with van der Waals surface area (Å²) in [5.41, 5.74) is 2.04. The third-order valence-electron chi connectivity index (χ3n) is 3.36. The summed E-state index contributed by atoms with van der Waals surface area (Å²) in [4.78, 5) is 26.7. The molecule has 0 amide bonds. The van der Waals surface area contributed by atoms with Gasteiger partial charge in [-0.1, -0.05) is 12.1 Å². The van der Waals surface area contributed by atoms with Gasteiger partial charge in [-0.3, -0.25) is 14.5 Å². The molecule has 0 bridgehead atoms. The summed E-state index contributed by atoms with van der Waals surface area (Å²) in [5.74, 6) is 1.25. The molecular weight excluding hydrogens is 308 g/mol. The van der Waals surface area contributed by atoms with Gasteiger partial charge < -0.3 is 5.32 Å². The highest BCUT2D eigenvalue weighted by molar-refractivity contribution is 5.54. The first-order valence-corrected chi connectivity index (χ1v) is 7.67. The summed E-state index contributed by atoms with van der Waals surface area (Å²) in [6.07, 6.45) is 6.13. The molecule has 9 nitrogen and oxygen atoms in total. The van der Waals surface area contributed by atoms with Crippen LogP contribution in [0, 0.1) is 6.92 Å². The Kier molecular flexibility index (Phi) is 4.59. The van der Waals surface area contributed by atoms with Crippen LogP contribution in [0.1, 0.15) is 18.4 Å². The van der Waals surface area contributed by atoms with E-state index in [4.69, 9.17) is 0 Å². The average Bonchev–Trinajstić information content (AvgIpc) is 3.03. The minimum atomic E-state index is -0.177. The Balaban J connectivity index is 1.60. The highest BCUT2D eigenvalue weighted by atomic mass is 16.1. The van der Waals surface area contributed by atoms with Crippen molar-refractivity contribution in [2.45, 2.75) is 26.8 Å². The summed E-state index contributed by atoms with van der Waals surface area (Å²) in [6, 6.07) is 1.45. The molecule has 0 aliphatic rings. The Morgan fingerprint density at radius 2 is 2.08 bits per heavy atom. The molecule has 0 radical (unpaired) electrons. The number of anilines is 1. The van der Waals surface area contributed by atoms with Crippen molar-refractivity contribution in [3.63, 3.8) is 0 Å². The van der Waals surface area contributed by atoms with Gasteiger partial charge in [-0.05, 0) is 6.92 Å². The lowest BCUT2D eigenvalue weighted by Crippen LogP contribution is -2.16. The molecule has 0 saturated heterocycles. The zero-order valence-corrected chi connectivity index (χ0v) is 13.5. The molecule has 3 aromatic heterocycles. The molecule has 0 atom stereocenters. The normalized spacial score (nSPS) is 10.8. The van der Waals surface area contributed by atoms with E-state index < -0.39 is 0 Å². The van der Waals surface area contributed by atoms with Crippen LogP contribution in [0.3, 0.4) is 0 Å². The van der Waals surface area contributed by atoms with Gasteiger partial charge in [0, 0.05) is 42.7 Å².